The molecule has 1 aliphatic carbocycles. The summed E-state index contributed by atoms with van der Waals surface area (Å²) in [4.78, 5) is 36.9. The number of carbonyl (C=O) groups excluding carboxylic acids is 2. The Balaban J connectivity index is 1.49. The highest BCUT2D eigenvalue weighted by Gasteiger charge is 2.51. The Morgan fingerprint density at radius 3 is 2.60 bits per heavy atom. The number of ketones is 1. The fourth-order valence-corrected chi connectivity index (χ4v) is 5.12. The minimum absolute atomic E-state index is 0.0138. The number of aromatic nitrogens is 1. The summed E-state index contributed by atoms with van der Waals surface area (Å²) in [6.45, 7) is 0. The van der Waals surface area contributed by atoms with Gasteiger partial charge in [0.05, 0.1) is 5.56 Å². The van der Waals surface area contributed by atoms with Gasteiger partial charge in [-0.1, -0.05) is 30.1 Å². The van der Waals surface area contributed by atoms with Crippen molar-refractivity contribution < 1.29 is 41.9 Å². The molecule has 0 spiro atoms. The maximum Gasteiger partial charge on any atom is 0.410 e. The maximum absolute atomic E-state index is 14.0. The normalized spacial score (nSPS) is 23.0. The zero-order chi connectivity index (χ0) is 25.2. The average Bonchev–Trinajstić information content (AvgIpc) is 3.47. The number of aryl methyl sites for hydroxylation is 1. The van der Waals surface area contributed by atoms with Crippen molar-refractivity contribution in [3.63, 3.8) is 0 Å². The van der Waals surface area contributed by atoms with E-state index in [9.17, 15) is 27.6 Å². The van der Waals surface area contributed by atoms with Crippen molar-refractivity contribution in [2.45, 2.75) is 63.4 Å². The number of hydrogen-bond donors (Lipinski definition) is 2. The van der Waals surface area contributed by atoms with Crippen molar-refractivity contribution in [3.05, 3.63) is 47.0 Å². The lowest BCUT2D eigenvalue weighted by Crippen LogP contribution is -2.52. The molecule has 188 valence electrons. The molecule has 11 heteroatoms. The molecule has 2 unspecified atom stereocenters. The molecule has 2 atom stereocenters. The number of esters is 1. The number of ether oxygens (including phenoxy) is 1. The molecule has 2 fully saturated rings. The van der Waals surface area contributed by atoms with Crippen LogP contribution in [-0.4, -0.2) is 33.7 Å². The Morgan fingerprint density at radius 1 is 1.23 bits per heavy atom. The Hall–Kier alpha value is -3.37. The molecule has 1 amide bonds. The van der Waals surface area contributed by atoms with Crippen LogP contribution in [0, 0.1) is 17.7 Å². The molecule has 35 heavy (non-hydrogen) atoms. The highest BCUT2D eigenvalue weighted by Crippen LogP contribution is 2.45. The average molecular weight is 494 g/mol. The van der Waals surface area contributed by atoms with Crippen LogP contribution >= 0.6 is 0 Å². The Kier molecular flexibility index (Phi) is 7.13. The number of carboxylic acid groups (broad SMARTS) is 1. The van der Waals surface area contributed by atoms with Crippen LogP contribution in [0.2, 0.25) is 0 Å². The van der Waals surface area contributed by atoms with Gasteiger partial charge in [-0.3, -0.25) is 14.9 Å². The topological polar surface area (TPSA) is 119 Å². The van der Waals surface area contributed by atoms with E-state index in [0.29, 0.717) is 5.56 Å². The number of hydrogen-bond acceptors (Lipinski definition) is 6. The summed E-state index contributed by atoms with van der Waals surface area (Å²) in [6.07, 6.45) is -0.391. The Labute approximate surface area is 198 Å². The minimum atomic E-state index is -2.91. The maximum atomic E-state index is 14.0. The van der Waals surface area contributed by atoms with E-state index < -0.39 is 41.4 Å². The van der Waals surface area contributed by atoms with E-state index in [0.717, 1.165) is 37.8 Å². The molecular formula is C24H25F3N2O6. The summed E-state index contributed by atoms with van der Waals surface area (Å²) in [6, 6.07) is 4.84. The van der Waals surface area contributed by atoms with Gasteiger partial charge in [-0.2, -0.15) is 0 Å². The quantitative estimate of drug-likeness (QED) is 0.388. The molecule has 1 aliphatic heterocycles. The zero-order valence-corrected chi connectivity index (χ0v) is 18.8. The summed E-state index contributed by atoms with van der Waals surface area (Å²) in [7, 11) is 0. The van der Waals surface area contributed by atoms with Crippen LogP contribution < -0.4 is 5.32 Å². The van der Waals surface area contributed by atoms with Crippen LogP contribution in [-0.2, 0) is 27.2 Å². The number of nitrogens with one attached hydrogen (secondary N) is 1. The highest BCUT2D eigenvalue weighted by molar-refractivity contribution is 6.01. The van der Waals surface area contributed by atoms with Crippen LogP contribution in [0.15, 0.2) is 28.8 Å². The van der Waals surface area contributed by atoms with E-state index >= 15 is 0 Å². The predicted molar refractivity (Wildman–Crippen MR) is 115 cm³/mol. The molecule has 2 N–H and O–H groups in total. The molecule has 2 aromatic rings. The largest absolute Gasteiger partial charge is 0.465 e. The molecule has 1 aromatic carbocycles. The number of anilines is 1. The molecule has 0 bridgehead atoms. The predicted octanol–water partition coefficient (Wildman–Crippen LogP) is 5.08. The van der Waals surface area contributed by atoms with Crippen LogP contribution in [0.3, 0.4) is 0 Å². The van der Waals surface area contributed by atoms with E-state index in [2.05, 4.69) is 5.16 Å². The van der Waals surface area contributed by atoms with Crippen molar-refractivity contribution >= 4 is 23.7 Å². The number of benzene rings is 1. The third-order valence-electron chi connectivity index (χ3n) is 6.89. The summed E-state index contributed by atoms with van der Waals surface area (Å²) >= 11 is 0. The number of nitrogens with zero attached hydrogens (tertiary/aromatic N) is 1. The first-order valence-corrected chi connectivity index (χ1v) is 11.4. The molecule has 4 rings (SSSR count). The van der Waals surface area contributed by atoms with Crippen molar-refractivity contribution in [3.8, 4) is 0 Å². The number of cyclic esters (lactones) is 1. The molecule has 2 aliphatic rings. The summed E-state index contributed by atoms with van der Waals surface area (Å²) in [5.41, 5.74) is -1.23. The van der Waals surface area contributed by atoms with Crippen LogP contribution in [0.5, 0.6) is 0 Å². The van der Waals surface area contributed by atoms with Gasteiger partial charge in [-0.25, -0.2) is 18.0 Å². The molecule has 8 nitrogen and oxygen atoms in total. The second-order valence-corrected chi connectivity index (χ2v) is 9.13. The number of amides is 1. The number of halogens is 3. The monoisotopic (exact) mass is 494 g/mol. The van der Waals surface area contributed by atoms with Gasteiger partial charge in [0, 0.05) is 18.9 Å². The number of rotatable bonds is 8. The second-order valence-electron chi connectivity index (χ2n) is 9.13. The fourth-order valence-electron chi connectivity index (χ4n) is 5.12. The first kappa shape index (κ1) is 24.7. The number of carbonyl (C=O) groups is 3. The molecule has 1 saturated heterocycles. The van der Waals surface area contributed by atoms with Gasteiger partial charge in [0.2, 0.25) is 0 Å². The first-order chi connectivity index (χ1) is 16.7. The van der Waals surface area contributed by atoms with Gasteiger partial charge in [0.25, 0.3) is 6.43 Å². The van der Waals surface area contributed by atoms with E-state index in [1.165, 1.54) is 12.1 Å². The SMILES string of the molecule is O=C(O)Nc1cc(CC2C(=O)CC(CCc3ccc(C(F)F)c(F)c3)(C3CCCC3)OC2=O)on1. The van der Waals surface area contributed by atoms with E-state index in [1.807, 2.05) is 5.32 Å². The molecule has 1 aromatic heterocycles. The second kappa shape index (κ2) is 10.1. The third-order valence-corrected chi connectivity index (χ3v) is 6.89. The van der Waals surface area contributed by atoms with Crippen molar-refractivity contribution in [2.24, 2.45) is 11.8 Å². The number of Topliss-reactive ketones (excluding diaryl/α,β-unsaturated/α-hetero) is 1. The lowest BCUT2D eigenvalue weighted by Gasteiger charge is -2.43. The summed E-state index contributed by atoms with van der Waals surface area (Å²) in [5.74, 6) is -3.06. The lowest BCUT2D eigenvalue weighted by atomic mass is 9.73. The Morgan fingerprint density at radius 2 is 1.97 bits per heavy atom. The van der Waals surface area contributed by atoms with Gasteiger partial charge >= 0.3 is 12.1 Å². The van der Waals surface area contributed by atoms with E-state index in [-0.39, 0.29) is 49.0 Å². The van der Waals surface area contributed by atoms with Gasteiger partial charge in [-0.05, 0) is 43.2 Å². The van der Waals surface area contributed by atoms with Gasteiger partial charge in [0.15, 0.2) is 11.6 Å². The van der Waals surface area contributed by atoms with Gasteiger partial charge < -0.3 is 14.4 Å². The van der Waals surface area contributed by atoms with Crippen molar-refractivity contribution in [2.75, 3.05) is 5.32 Å². The Bertz CT molecular complexity index is 1090. The standard InChI is InChI=1S/C24H25F3N2O6/c25-18-9-13(5-6-16(18)21(26)27)7-8-24(14-3-1-2-4-14)12-19(30)17(22(31)34-24)10-15-11-20(29-35-15)28-23(32)33/h5-6,9,11,14,17,21H,1-4,7-8,10,12H2,(H,28,29)(H,32,33). The van der Waals surface area contributed by atoms with Crippen LogP contribution in [0.4, 0.5) is 23.8 Å². The summed E-state index contributed by atoms with van der Waals surface area (Å²) in [5, 5.41) is 14.3. The van der Waals surface area contributed by atoms with Crippen LogP contribution in [0.25, 0.3) is 0 Å². The molecule has 2 heterocycles. The van der Waals surface area contributed by atoms with Crippen molar-refractivity contribution in [1.29, 1.82) is 0 Å². The first-order valence-electron chi connectivity index (χ1n) is 11.4. The van der Waals surface area contributed by atoms with Crippen LogP contribution in [0.1, 0.15) is 61.8 Å². The molecular weight excluding hydrogens is 469 g/mol. The molecule has 1 saturated carbocycles. The van der Waals surface area contributed by atoms with Gasteiger partial charge in [-0.15, -0.1) is 0 Å². The summed E-state index contributed by atoms with van der Waals surface area (Å²) < 4.78 is 50.8. The van der Waals surface area contributed by atoms with Crippen molar-refractivity contribution in [1.82, 2.24) is 5.16 Å². The minimum Gasteiger partial charge on any atom is -0.465 e. The highest BCUT2D eigenvalue weighted by atomic mass is 19.3. The van der Waals surface area contributed by atoms with E-state index in [4.69, 9.17) is 14.4 Å². The molecule has 0 radical (unpaired) electrons. The zero-order valence-electron chi connectivity index (χ0n) is 18.8. The lowest BCUT2D eigenvalue weighted by molar-refractivity contribution is -0.185. The van der Waals surface area contributed by atoms with E-state index in [1.54, 1.807) is 0 Å². The third kappa shape index (κ3) is 5.49. The fraction of sp³-hybridized carbons (Fsp3) is 0.500. The van der Waals surface area contributed by atoms with Gasteiger partial charge in [0.1, 0.15) is 23.1 Å². The smallest absolute Gasteiger partial charge is 0.410 e. The number of alkyl halides is 2.